The first-order chi connectivity index (χ1) is 8.83. The molecule has 18 heavy (non-hydrogen) atoms. The van der Waals surface area contributed by atoms with Crippen LogP contribution in [0.5, 0.6) is 5.75 Å². The van der Waals surface area contributed by atoms with Gasteiger partial charge < -0.3 is 5.11 Å². The van der Waals surface area contributed by atoms with Gasteiger partial charge in [0.05, 0.1) is 4.90 Å². The Bertz CT molecular complexity index is 477. The summed E-state index contributed by atoms with van der Waals surface area (Å²) in [5.41, 5.74) is 0. The van der Waals surface area contributed by atoms with Crippen molar-refractivity contribution >= 4 is 16.4 Å². The number of phenolic OH excluding ortho intramolecular Hbond substituents is 1. The molecule has 1 aromatic rings. The Hall–Kier alpha value is -1.22. The highest BCUT2D eigenvalue weighted by molar-refractivity contribution is 8.35. The van der Waals surface area contributed by atoms with E-state index in [1.54, 1.807) is 6.07 Å². The minimum atomic E-state index is -1.33. The third-order valence-corrected chi connectivity index (χ3v) is 7.47. The van der Waals surface area contributed by atoms with Crippen molar-refractivity contribution in [3.63, 3.8) is 0 Å². The predicted octanol–water partition coefficient (Wildman–Crippen LogP) is 4.40. The Morgan fingerprint density at radius 2 is 1.89 bits per heavy atom. The normalized spacial score (nSPS) is 31.3. The largest absolute Gasteiger partial charge is 0.507 e. The van der Waals surface area contributed by atoms with Crippen LogP contribution in [0.1, 0.15) is 32.1 Å². The number of benzene rings is 1. The van der Waals surface area contributed by atoms with Gasteiger partial charge in [-0.1, -0.05) is 41.6 Å². The molecule has 1 saturated carbocycles. The number of hydrogen-bond donors (Lipinski definition) is 1. The highest BCUT2D eigenvalue weighted by Gasteiger charge is 2.36. The SMILES string of the molecule is Oc1ccccc1S1(C2CCCCC2)C=CC=N1. The Morgan fingerprint density at radius 1 is 1.11 bits per heavy atom. The fraction of sp³-hybridized carbons (Fsp3) is 0.400. The van der Waals surface area contributed by atoms with Crippen LogP contribution in [0.15, 0.2) is 45.0 Å². The first kappa shape index (κ1) is 11.8. The summed E-state index contributed by atoms with van der Waals surface area (Å²) in [6.45, 7) is 0. The van der Waals surface area contributed by atoms with Gasteiger partial charge in [0.25, 0.3) is 0 Å². The number of para-hydroxylation sites is 1. The summed E-state index contributed by atoms with van der Waals surface area (Å²) in [5, 5.41) is 13.0. The summed E-state index contributed by atoms with van der Waals surface area (Å²) >= 11 is 0. The highest BCUT2D eigenvalue weighted by Crippen LogP contribution is 2.68. The van der Waals surface area contributed by atoms with E-state index in [9.17, 15) is 5.11 Å². The molecular weight excluding hydrogens is 242 g/mol. The third-order valence-electron chi connectivity index (χ3n) is 3.89. The second-order valence-corrected chi connectivity index (χ2v) is 7.92. The lowest BCUT2D eigenvalue weighted by Crippen LogP contribution is -2.18. The molecule has 2 aliphatic rings. The maximum absolute atomic E-state index is 10.2. The molecule has 1 heterocycles. The van der Waals surface area contributed by atoms with Crippen LogP contribution in [0, 0.1) is 0 Å². The molecule has 1 atom stereocenters. The fourth-order valence-corrected chi connectivity index (χ4v) is 6.41. The molecule has 3 heteroatoms. The molecule has 96 valence electrons. The van der Waals surface area contributed by atoms with Gasteiger partial charge in [0.15, 0.2) is 0 Å². The summed E-state index contributed by atoms with van der Waals surface area (Å²) in [6.07, 6.45) is 10.4. The van der Waals surface area contributed by atoms with Crippen LogP contribution in [-0.2, 0) is 0 Å². The quantitative estimate of drug-likeness (QED) is 0.840. The Labute approximate surface area is 110 Å². The summed E-state index contributed by atoms with van der Waals surface area (Å²) in [4.78, 5) is 1.04. The summed E-state index contributed by atoms with van der Waals surface area (Å²) in [7, 11) is -1.33. The van der Waals surface area contributed by atoms with E-state index < -0.39 is 10.2 Å². The van der Waals surface area contributed by atoms with Crippen LogP contribution in [0.4, 0.5) is 0 Å². The molecule has 1 aliphatic carbocycles. The number of aromatic hydroxyl groups is 1. The van der Waals surface area contributed by atoms with Gasteiger partial charge in [-0.15, -0.1) is 0 Å². The first-order valence-corrected chi connectivity index (χ1v) is 8.37. The molecule has 2 nitrogen and oxygen atoms in total. The van der Waals surface area contributed by atoms with Gasteiger partial charge in [-0.2, -0.15) is 0 Å². The molecular formula is C15H19NOS. The van der Waals surface area contributed by atoms with Gasteiger partial charge in [-0.25, -0.2) is 4.40 Å². The van der Waals surface area contributed by atoms with Gasteiger partial charge in [0, 0.05) is 11.5 Å². The number of phenols is 1. The highest BCUT2D eigenvalue weighted by atomic mass is 32.3. The van der Waals surface area contributed by atoms with Crippen molar-refractivity contribution < 1.29 is 5.11 Å². The third kappa shape index (κ3) is 1.87. The van der Waals surface area contributed by atoms with E-state index in [1.807, 2.05) is 24.4 Å². The van der Waals surface area contributed by atoms with E-state index >= 15 is 0 Å². The molecule has 0 bridgehead atoms. The summed E-state index contributed by atoms with van der Waals surface area (Å²) in [5.74, 6) is 0.404. The van der Waals surface area contributed by atoms with Crippen molar-refractivity contribution in [1.29, 1.82) is 0 Å². The lowest BCUT2D eigenvalue weighted by atomic mass is 10.0. The Kier molecular flexibility index (Phi) is 3.16. The molecule has 1 fully saturated rings. The van der Waals surface area contributed by atoms with Crippen molar-refractivity contribution in [2.75, 3.05) is 0 Å². The Morgan fingerprint density at radius 3 is 2.56 bits per heavy atom. The molecule has 3 rings (SSSR count). The molecule has 1 N–H and O–H groups in total. The second-order valence-electron chi connectivity index (χ2n) is 4.98. The van der Waals surface area contributed by atoms with Crippen molar-refractivity contribution in [3.05, 3.63) is 35.7 Å². The zero-order valence-corrected chi connectivity index (χ0v) is 11.3. The molecule has 0 amide bonds. The van der Waals surface area contributed by atoms with Crippen LogP contribution < -0.4 is 0 Å². The second kappa shape index (κ2) is 4.81. The van der Waals surface area contributed by atoms with E-state index in [1.165, 1.54) is 32.1 Å². The van der Waals surface area contributed by atoms with E-state index in [0.717, 1.165) is 4.90 Å². The zero-order chi connectivity index (χ0) is 12.4. The summed E-state index contributed by atoms with van der Waals surface area (Å²) in [6, 6.07) is 7.73. The van der Waals surface area contributed by atoms with Crippen LogP contribution in [0.2, 0.25) is 0 Å². The van der Waals surface area contributed by atoms with Gasteiger partial charge in [0.1, 0.15) is 5.75 Å². The van der Waals surface area contributed by atoms with Crippen LogP contribution >= 0.6 is 10.2 Å². The van der Waals surface area contributed by atoms with Crippen molar-refractivity contribution in [2.45, 2.75) is 42.2 Å². The molecule has 1 aliphatic heterocycles. The molecule has 1 unspecified atom stereocenters. The minimum absolute atomic E-state index is 0.404. The molecule has 0 radical (unpaired) electrons. The lowest BCUT2D eigenvalue weighted by molar-refractivity contribution is 0.460. The zero-order valence-electron chi connectivity index (χ0n) is 10.5. The maximum atomic E-state index is 10.2. The molecule has 0 spiro atoms. The maximum Gasteiger partial charge on any atom is 0.129 e. The monoisotopic (exact) mass is 261 g/mol. The molecule has 0 saturated heterocycles. The molecule has 0 aromatic heterocycles. The topological polar surface area (TPSA) is 32.6 Å². The number of nitrogens with zero attached hydrogens (tertiary/aromatic N) is 1. The number of rotatable bonds is 2. The first-order valence-electron chi connectivity index (χ1n) is 6.65. The average molecular weight is 261 g/mol. The average Bonchev–Trinajstić information content (AvgIpc) is 2.91. The van der Waals surface area contributed by atoms with Gasteiger partial charge in [0.2, 0.25) is 0 Å². The Balaban J connectivity index is 2.04. The molecule has 1 aromatic carbocycles. The van der Waals surface area contributed by atoms with Crippen LogP contribution in [-0.4, -0.2) is 16.6 Å². The lowest BCUT2D eigenvalue weighted by Gasteiger charge is -2.41. The van der Waals surface area contributed by atoms with E-state index in [0.29, 0.717) is 11.0 Å². The summed E-state index contributed by atoms with van der Waals surface area (Å²) < 4.78 is 4.81. The predicted molar refractivity (Wildman–Crippen MR) is 78.5 cm³/mol. The van der Waals surface area contributed by atoms with E-state index in [-0.39, 0.29) is 0 Å². The number of allylic oxidation sites excluding steroid dienone is 1. The van der Waals surface area contributed by atoms with E-state index in [2.05, 4.69) is 11.5 Å². The van der Waals surface area contributed by atoms with Crippen LogP contribution in [0.25, 0.3) is 0 Å². The van der Waals surface area contributed by atoms with Gasteiger partial charge in [-0.05, 0) is 36.5 Å². The van der Waals surface area contributed by atoms with Crippen molar-refractivity contribution in [1.82, 2.24) is 0 Å². The standard InChI is InChI=1S/C15H19NOS/c17-14-9-4-5-10-15(14)18(12-6-11-16-18)13-7-2-1-3-8-13/h4-6,9-13,17H,1-3,7-8H2. The fourth-order valence-electron chi connectivity index (χ4n) is 2.99. The minimum Gasteiger partial charge on any atom is -0.507 e. The van der Waals surface area contributed by atoms with Gasteiger partial charge in [-0.3, -0.25) is 0 Å². The smallest absolute Gasteiger partial charge is 0.129 e. The van der Waals surface area contributed by atoms with E-state index in [4.69, 9.17) is 4.40 Å². The van der Waals surface area contributed by atoms with Gasteiger partial charge >= 0.3 is 0 Å². The van der Waals surface area contributed by atoms with Crippen molar-refractivity contribution in [3.8, 4) is 5.75 Å². The number of hydrogen-bond acceptors (Lipinski definition) is 2. The van der Waals surface area contributed by atoms with Crippen molar-refractivity contribution in [2.24, 2.45) is 4.40 Å². The van der Waals surface area contributed by atoms with Crippen LogP contribution in [0.3, 0.4) is 0 Å².